The molecule has 0 saturated carbocycles. The first-order valence-corrected chi connectivity index (χ1v) is 4.69. The molecule has 1 aliphatic carbocycles. The van der Waals surface area contributed by atoms with Crippen molar-refractivity contribution in [2.24, 2.45) is 10.4 Å². The van der Waals surface area contributed by atoms with Crippen molar-refractivity contribution in [1.29, 1.82) is 0 Å². The zero-order valence-corrected chi connectivity index (χ0v) is 9.11. The normalized spacial score (nSPS) is 38.3. The van der Waals surface area contributed by atoms with E-state index in [4.69, 9.17) is 5.11 Å². The number of nitrogens with one attached hydrogen (secondary N) is 1. The predicted molar refractivity (Wildman–Crippen MR) is 56.9 cm³/mol. The minimum atomic E-state index is -1.50. The predicted octanol–water partition coefficient (Wildman–Crippen LogP) is 0.0160. The summed E-state index contributed by atoms with van der Waals surface area (Å²) in [6.45, 7) is 1.48. The minimum Gasteiger partial charge on any atom is -0.480 e. The molecule has 0 heterocycles. The molecule has 2 unspecified atom stereocenters. The SMILES string of the molecule is CN=C1C=CC(C)(C(=O)O)C(O)(NC)C1. The molecule has 0 saturated heterocycles. The zero-order chi connectivity index (χ0) is 11.7. The van der Waals surface area contributed by atoms with Crippen LogP contribution in [0.3, 0.4) is 0 Å². The van der Waals surface area contributed by atoms with Gasteiger partial charge in [0.15, 0.2) is 0 Å². The maximum atomic E-state index is 11.2. The topological polar surface area (TPSA) is 81.9 Å². The summed E-state index contributed by atoms with van der Waals surface area (Å²) in [6, 6.07) is 0. The van der Waals surface area contributed by atoms with E-state index in [2.05, 4.69) is 10.3 Å². The third kappa shape index (κ3) is 1.68. The second kappa shape index (κ2) is 3.75. The van der Waals surface area contributed by atoms with Gasteiger partial charge in [-0.2, -0.15) is 0 Å². The maximum absolute atomic E-state index is 11.2. The van der Waals surface area contributed by atoms with Crippen LogP contribution in [0, 0.1) is 5.41 Å². The van der Waals surface area contributed by atoms with Crippen LogP contribution in [0.5, 0.6) is 0 Å². The molecule has 1 rings (SSSR count). The molecule has 0 bridgehead atoms. The van der Waals surface area contributed by atoms with Gasteiger partial charge in [-0.25, -0.2) is 0 Å². The summed E-state index contributed by atoms with van der Waals surface area (Å²) in [5, 5.41) is 22.0. The molecular formula is C10H16N2O3. The molecule has 0 fully saturated rings. The highest BCUT2D eigenvalue weighted by Crippen LogP contribution is 2.37. The van der Waals surface area contributed by atoms with E-state index in [-0.39, 0.29) is 6.42 Å². The second-order valence-electron chi connectivity index (χ2n) is 3.84. The molecule has 2 atom stereocenters. The van der Waals surface area contributed by atoms with E-state index in [1.807, 2.05) is 0 Å². The van der Waals surface area contributed by atoms with Crippen LogP contribution >= 0.6 is 0 Å². The lowest BCUT2D eigenvalue weighted by Crippen LogP contribution is -2.61. The molecular weight excluding hydrogens is 196 g/mol. The van der Waals surface area contributed by atoms with Crippen molar-refractivity contribution in [3.63, 3.8) is 0 Å². The van der Waals surface area contributed by atoms with Crippen LogP contribution in [0.2, 0.25) is 0 Å². The molecule has 0 amide bonds. The van der Waals surface area contributed by atoms with Gasteiger partial charge in [0, 0.05) is 19.2 Å². The summed E-state index contributed by atoms with van der Waals surface area (Å²) in [6.07, 6.45) is 3.29. The number of aliphatic hydroxyl groups is 1. The first-order chi connectivity index (χ1) is 6.89. The van der Waals surface area contributed by atoms with Gasteiger partial charge in [-0.3, -0.25) is 15.1 Å². The van der Waals surface area contributed by atoms with E-state index in [0.717, 1.165) is 0 Å². The van der Waals surface area contributed by atoms with E-state index >= 15 is 0 Å². The van der Waals surface area contributed by atoms with Crippen molar-refractivity contribution in [2.45, 2.75) is 19.1 Å². The van der Waals surface area contributed by atoms with Crippen LogP contribution < -0.4 is 5.32 Å². The number of hydrogen-bond acceptors (Lipinski definition) is 4. The maximum Gasteiger partial charge on any atom is 0.317 e. The number of nitrogens with zero attached hydrogens (tertiary/aromatic N) is 1. The Morgan fingerprint density at radius 2 is 2.27 bits per heavy atom. The van der Waals surface area contributed by atoms with Crippen molar-refractivity contribution in [3.05, 3.63) is 12.2 Å². The Morgan fingerprint density at radius 3 is 2.67 bits per heavy atom. The van der Waals surface area contributed by atoms with Crippen molar-refractivity contribution in [1.82, 2.24) is 5.32 Å². The van der Waals surface area contributed by atoms with Gasteiger partial charge in [0.2, 0.25) is 0 Å². The van der Waals surface area contributed by atoms with Gasteiger partial charge in [-0.15, -0.1) is 0 Å². The smallest absolute Gasteiger partial charge is 0.317 e. The number of carboxylic acid groups (broad SMARTS) is 1. The number of aliphatic imine (C=N–C) groups is 1. The van der Waals surface area contributed by atoms with Crippen LogP contribution in [0.1, 0.15) is 13.3 Å². The van der Waals surface area contributed by atoms with Crippen molar-refractivity contribution in [2.75, 3.05) is 14.1 Å². The third-order valence-electron chi connectivity index (χ3n) is 3.05. The lowest BCUT2D eigenvalue weighted by molar-refractivity contribution is -0.163. The van der Waals surface area contributed by atoms with Gasteiger partial charge in [0.05, 0.1) is 0 Å². The number of carbonyl (C=O) groups is 1. The van der Waals surface area contributed by atoms with Crippen LogP contribution in [-0.4, -0.2) is 41.7 Å². The molecule has 0 spiro atoms. The molecule has 15 heavy (non-hydrogen) atoms. The first-order valence-electron chi connectivity index (χ1n) is 4.69. The summed E-state index contributed by atoms with van der Waals surface area (Å²) in [4.78, 5) is 15.1. The fraction of sp³-hybridized carbons (Fsp3) is 0.600. The second-order valence-corrected chi connectivity index (χ2v) is 3.84. The molecule has 0 aromatic carbocycles. The van der Waals surface area contributed by atoms with Crippen molar-refractivity contribution >= 4 is 11.7 Å². The Morgan fingerprint density at radius 1 is 1.67 bits per heavy atom. The monoisotopic (exact) mass is 212 g/mol. The molecule has 0 aliphatic heterocycles. The van der Waals surface area contributed by atoms with Crippen molar-refractivity contribution in [3.8, 4) is 0 Å². The molecule has 0 aromatic rings. The van der Waals surface area contributed by atoms with Crippen LogP contribution in [0.4, 0.5) is 0 Å². The molecule has 0 aromatic heterocycles. The molecule has 0 radical (unpaired) electrons. The Labute approximate surface area is 88.5 Å². The van der Waals surface area contributed by atoms with Crippen LogP contribution in [0.25, 0.3) is 0 Å². The Bertz CT molecular complexity index is 338. The van der Waals surface area contributed by atoms with Gasteiger partial charge < -0.3 is 10.2 Å². The van der Waals surface area contributed by atoms with Gasteiger partial charge >= 0.3 is 5.97 Å². The largest absolute Gasteiger partial charge is 0.480 e. The van der Waals surface area contributed by atoms with E-state index < -0.39 is 17.1 Å². The molecule has 5 nitrogen and oxygen atoms in total. The summed E-state index contributed by atoms with van der Waals surface area (Å²) in [5.74, 6) is -1.06. The Hall–Kier alpha value is -1.20. The lowest BCUT2D eigenvalue weighted by Gasteiger charge is -2.42. The highest BCUT2D eigenvalue weighted by Gasteiger charge is 2.52. The standard InChI is InChI=1S/C10H16N2O3/c1-9(8(13)14)5-4-7(11-2)6-10(9,15)12-3/h4-5,12,15H,6H2,1-3H3,(H,13,14). The zero-order valence-electron chi connectivity index (χ0n) is 9.11. The first kappa shape index (κ1) is 11.9. The van der Waals surface area contributed by atoms with Crippen LogP contribution in [0.15, 0.2) is 17.1 Å². The molecule has 3 N–H and O–H groups in total. The fourth-order valence-corrected chi connectivity index (χ4v) is 1.66. The highest BCUT2D eigenvalue weighted by molar-refractivity contribution is 5.99. The van der Waals surface area contributed by atoms with E-state index in [1.165, 1.54) is 20.0 Å². The highest BCUT2D eigenvalue weighted by atomic mass is 16.4. The Balaban J connectivity index is 3.23. The van der Waals surface area contributed by atoms with E-state index in [0.29, 0.717) is 5.71 Å². The van der Waals surface area contributed by atoms with Crippen LogP contribution in [-0.2, 0) is 4.79 Å². The molecule has 84 valence electrons. The molecule has 5 heteroatoms. The summed E-state index contributed by atoms with van der Waals surface area (Å²) < 4.78 is 0. The van der Waals surface area contributed by atoms with Gasteiger partial charge in [0.25, 0.3) is 0 Å². The Kier molecular flexibility index (Phi) is 2.97. The van der Waals surface area contributed by atoms with E-state index in [9.17, 15) is 9.90 Å². The minimum absolute atomic E-state index is 0.180. The fourth-order valence-electron chi connectivity index (χ4n) is 1.66. The molecule has 1 aliphatic rings. The van der Waals surface area contributed by atoms with Gasteiger partial charge in [0.1, 0.15) is 11.1 Å². The van der Waals surface area contributed by atoms with Gasteiger partial charge in [-0.1, -0.05) is 6.08 Å². The summed E-state index contributed by atoms with van der Waals surface area (Å²) >= 11 is 0. The summed E-state index contributed by atoms with van der Waals surface area (Å²) in [5.41, 5.74) is -2.16. The number of allylic oxidation sites excluding steroid dienone is 1. The summed E-state index contributed by atoms with van der Waals surface area (Å²) in [7, 11) is 3.15. The number of rotatable bonds is 2. The third-order valence-corrected chi connectivity index (χ3v) is 3.05. The quantitative estimate of drug-likeness (QED) is 0.563. The number of hydrogen-bond donors (Lipinski definition) is 3. The van der Waals surface area contributed by atoms with E-state index in [1.54, 1.807) is 13.1 Å². The average Bonchev–Trinajstić information content (AvgIpc) is 2.22. The average molecular weight is 212 g/mol. The van der Waals surface area contributed by atoms with Gasteiger partial charge in [-0.05, 0) is 20.0 Å². The number of aliphatic carboxylic acids is 1. The number of carboxylic acids is 1. The lowest BCUT2D eigenvalue weighted by atomic mass is 9.72. The van der Waals surface area contributed by atoms with Crippen molar-refractivity contribution < 1.29 is 15.0 Å².